The lowest BCUT2D eigenvalue weighted by atomic mass is 9.90. The van der Waals surface area contributed by atoms with E-state index in [4.69, 9.17) is 5.73 Å². The normalized spacial score (nSPS) is 12.7. The van der Waals surface area contributed by atoms with Gasteiger partial charge in [0.1, 0.15) is 6.04 Å². The fourth-order valence-electron chi connectivity index (χ4n) is 3.82. The summed E-state index contributed by atoms with van der Waals surface area (Å²) in [7, 11) is 0. The second-order valence-corrected chi connectivity index (χ2v) is 7.90. The highest BCUT2D eigenvalue weighted by Crippen LogP contribution is 2.25. The van der Waals surface area contributed by atoms with Crippen LogP contribution in [0.15, 0.2) is 91.0 Å². The molecule has 5 N–H and O–H groups in total. The minimum absolute atomic E-state index is 0.246. The molecule has 0 saturated heterocycles. The SMILES string of the molecule is NCCC[C@H](NC(=O)C(c1ccccc1)c1ccccc1)C(=O)N[C@@H](CO)c1ccccc1. The molecule has 6 nitrogen and oxygen atoms in total. The van der Waals surface area contributed by atoms with Gasteiger partial charge in [0, 0.05) is 0 Å². The van der Waals surface area contributed by atoms with Gasteiger partial charge < -0.3 is 21.5 Å². The number of carbonyl (C=O) groups excluding carboxylic acids is 2. The predicted octanol–water partition coefficient (Wildman–Crippen LogP) is 2.89. The third-order valence-electron chi connectivity index (χ3n) is 5.56. The van der Waals surface area contributed by atoms with Crippen molar-refractivity contribution < 1.29 is 14.7 Å². The zero-order valence-electron chi connectivity index (χ0n) is 18.6. The van der Waals surface area contributed by atoms with Crippen molar-refractivity contribution >= 4 is 11.8 Å². The van der Waals surface area contributed by atoms with Crippen LogP contribution in [0, 0.1) is 0 Å². The molecule has 0 radical (unpaired) electrons. The van der Waals surface area contributed by atoms with Gasteiger partial charge in [-0.15, -0.1) is 0 Å². The first-order valence-corrected chi connectivity index (χ1v) is 11.2. The summed E-state index contributed by atoms with van der Waals surface area (Å²) in [6.45, 7) is 0.159. The van der Waals surface area contributed by atoms with E-state index in [0.717, 1.165) is 16.7 Å². The van der Waals surface area contributed by atoms with Gasteiger partial charge in [-0.25, -0.2) is 0 Å². The zero-order valence-corrected chi connectivity index (χ0v) is 18.6. The number of aliphatic hydroxyl groups is 1. The lowest BCUT2D eigenvalue weighted by Gasteiger charge is -2.25. The zero-order chi connectivity index (χ0) is 23.5. The number of benzene rings is 3. The second-order valence-electron chi connectivity index (χ2n) is 7.90. The van der Waals surface area contributed by atoms with Crippen LogP contribution in [-0.2, 0) is 9.59 Å². The maximum absolute atomic E-state index is 13.5. The van der Waals surface area contributed by atoms with Gasteiger partial charge in [-0.2, -0.15) is 0 Å². The average Bonchev–Trinajstić information content (AvgIpc) is 2.87. The summed E-state index contributed by atoms with van der Waals surface area (Å²) < 4.78 is 0. The molecule has 0 fully saturated rings. The Morgan fingerprint density at radius 1 is 0.727 bits per heavy atom. The topological polar surface area (TPSA) is 104 Å². The molecule has 3 aromatic rings. The number of carbonyl (C=O) groups is 2. The summed E-state index contributed by atoms with van der Waals surface area (Å²) in [5.74, 6) is -1.16. The maximum Gasteiger partial charge on any atom is 0.243 e. The van der Waals surface area contributed by atoms with Crippen LogP contribution in [-0.4, -0.2) is 36.1 Å². The van der Waals surface area contributed by atoms with Gasteiger partial charge in [0.2, 0.25) is 11.8 Å². The van der Waals surface area contributed by atoms with Crippen molar-refractivity contribution in [3.63, 3.8) is 0 Å². The summed E-state index contributed by atoms with van der Waals surface area (Å²) in [5.41, 5.74) is 8.17. The van der Waals surface area contributed by atoms with Crippen LogP contribution in [0.3, 0.4) is 0 Å². The van der Waals surface area contributed by atoms with E-state index in [9.17, 15) is 14.7 Å². The summed E-state index contributed by atoms with van der Waals surface area (Å²) in [6.07, 6.45) is 0.978. The fraction of sp³-hybridized carbons (Fsp3) is 0.259. The van der Waals surface area contributed by atoms with Gasteiger partial charge in [0.15, 0.2) is 0 Å². The third-order valence-corrected chi connectivity index (χ3v) is 5.56. The van der Waals surface area contributed by atoms with Gasteiger partial charge >= 0.3 is 0 Å². The van der Waals surface area contributed by atoms with Crippen molar-refractivity contribution in [1.29, 1.82) is 0 Å². The van der Waals surface area contributed by atoms with Gasteiger partial charge in [0.05, 0.1) is 18.6 Å². The van der Waals surface area contributed by atoms with Gasteiger partial charge in [-0.1, -0.05) is 91.0 Å². The van der Waals surface area contributed by atoms with Gasteiger partial charge in [-0.3, -0.25) is 9.59 Å². The monoisotopic (exact) mass is 445 g/mol. The van der Waals surface area contributed by atoms with E-state index in [1.807, 2.05) is 91.0 Å². The molecule has 3 aromatic carbocycles. The molecule has 0 aliphatic rings. The molecule has 0 aliphatic heterocycles. The molecular formula is C27H31N3O3. The van der Waals surface area contributed by atoms with Crippen molar-refractivity contribution in [3.8, 4) is 0 Å². The minimum Gasteiger partial charge on any atom is -0.394 e. The first-order valence-electron chi connectivity index (χ1n) is 11.2. The quantitative estimate of drug-likeness (QED) is 0.364. The highest BCUT2D eigenvalue weighted by molar-refractivity contribution is 5.92. The van der Waals surface area contributed by atoms with Crippen molar-refractivity contribution in [1.82, 2.24) is 10.6 Å². The summed E-state index contributed by atoms with van der Waals surface area (Å²) in [4.78, 5) is 26.6. The van der Waals surface area contributed by atoms with Crippen molar-refractivity contribution in [3.05, 3.63) is 108 Å². The molecule has 2 amide bonds. The molecule has 0 heterocycles. The van der Waals surface area contributed by atoms with E-state index < -0.39 is 18.0 Å². The molecule has 0 unspecified atom stereocenters. The van der Waals surface area contributed by atoms with E-state index in [1.54, 1.807) is 0 Å². The van der Waals surface area contributed by atoms with Crippen molar-refractivity contribution in [2.24, 2.45) is 5.73 Å². The first-order chi connectivity index (χ1) is 16.1. The van der Waals surface area contributed by atoms with E-state index in [2.05, 4.69) is 10.6 Å². The third kappa shape index (κ3) is 6.75. The van der Waals surface area contributed by atoms with Crippen LogP contribution in [0.5, 0.6) is 0 Å². The highest BCUT2D eigenvalue weighted by Gasteiger charge is 2.28. The first kappa shape index (κ1) is 24.2. The molecule has 0 spiro atoms. The van der Waals surface area contributed by atoms with E-state index >= 15 is 0 Å². The van der Waals surface area contributed by atoms with Gasteiger partial charge in [-0.05, 0) is 36.1 Å². The average molecular weight is 446 g/mol. The number of aliphatic hydroxyl groups excluding tert-OH is 1. The van der Waals surface area contributed by atoms with Crippen LogP contribution in [0.1, 0.15) is 41.5 Å². The summed E-state index contributed by atoms with van der Waals surface area (Å²) in [6, 6.07) is 26.9. The summed E-state index contributed by atoms with van der Waals surface area (Å²) in [5, 5.41) is 15.6. The lowest BCUT2D eigenvalue weighted by Crippen LogP contribution is -2.49. The Balaban J connectivity index is 1.81. The maximum atomic E-state index is 13.5. The van der Waals surface area contributed by atoms with Crippen molar-refractivity contribution in [2.75, 3.05) is 13.2 Å². The van der Waals surface area contributed by atoms with E-state index in [-0.39, 0.29) is 18.4 Å². The number of nitrogens with one attached hydrogen (secondary N) is 2. The molecule has 3 rings (SSSR count). The fourth-order valence-corrected chi connectivity index (χ4v) is 3.82. The van der Waals surface area contributed by atoms with E-state index in [0.29, 0.717) is 19.4 Å². The minimum atomic E-state index is -0.770. The second kappa shape index (κ2) is 12.5. The molecule has 6 heteroatoms. The Kier molecular flexibility index (Phi) is 9.18. The van der Waals surface area contributed by atoms with Crippen LogP contribution < -0.4 is 16.4 Å². The molecule has 0 saturated carbocycles. The Hall–Kier alpha value is -3.48. The summed E-state index contributed by atoms with van der Waals surface area (Å²) >= 11 is 0. The smallest absolute Gasteiger partial charge is 0.243 e. The Bertz CT molecular complexity index is 957. The number of hydrogen-bond donors (Lipinski definition) is 4. The highest BCUT2D eigenvalue weighted by atomic mass is 16.3. The predicted molar refractivity (Wildman–Crippen MR) is 129 cm³/mol. The Morgan fingerprint density at radius 3 is 1.67 bits per heavy atom. The number of rotatable bonds is 11. The van der Waals surface area contributed by atoms with Crippen LogP contribution in [0.25, 0.3) is 0 Å². The van der Waals surface area contributed by atoms with Crippen LogP contribution in [0.4, 0.5) is 0 Å². The molecule has 0 aliphatic carbocycles. The molecule has 33 heavy (non-hydrogen) atoms. The Morgan fingerprint density at radius 2 is 1.21 bits per heavy atom. The standard InChI is InChI=1S/C27H31N3O3/c28-18-10-17-23(26(32)30-24(19-31)20-11-4-1-5-12-20)29-27(33)25(21-13-6-2-7-14-21)22-15-8-3-9-16-22/h1-9,11-16,23-25,31H,10,17-19,28H2,(H,29,33)(H,30,32)/t23-,24-/m0/s1. The largest absolute Gasteiger partial charge is 0.394 e. The molecule has 2 atom stereocenters. The Labute approximate surface area is 194 Å². The molecular weight excluding hydrogens is 414 g/mol. The van der Waals surface area contributed by atoms with E-state index in [1.165, 1.54) is 0 Å². The van der Waals surface area contributed by atoms with Crippen LogP contribution in [0.2, 0.25) is 0 Å². The van der Waals surface area contributed by atoms with Crippen LogP contribution >= 0.6 is 0 Å². The van der Waals surface area contributed by atoms with Gasteiger partial charge in [0.25, 0.3) is 0 Å². The number of nitrogens with two attached hydrogens (primary N) is 1. The molecule has 0 bridgehead atoms. The van der Waals surface area contributed by atoms with Crippen molar-refractivity contribution in [2.45, 2.75) is 30.8 Å². The molecule has 172 valence electrons. The lowest BCUT2D eigenvalue weighted by molar-refractivity contribution is -0.130. The molecule has 0 aromatic heterocycles. The number of amides is 2. The number of hydrogen-bond acceptors (Lipinski definition) is 4.